The Kier molecular flexibility index (Phi) is 7.17. The molecule has 176 valence electrons. The first-order valence-electron chi connectivity index (χ1n) is 9.44. The van der Waals surface area contributed by atoms with Crippen molar-refractivity contribution in [3.8, 4) is 0 Å². The Hall–Kier alpha value is -1.77. The summed E-state index contributed by atoms with van der Waals surface area (Å²) in [5, 5.41) is 64.3. The highest BCUT2D eigenvalue weighted by Gasteiger charge is 2.61. The van der Waals surface area contributed by atoms with E-state index >= 15 is 0 Å². The molecule has 0 aliphatic carbocycles. The van der Waals surface area contributed by atoms with Crippen LogP contribution < -0.4 is 5.32 Å². The second kappa shape index (κ2) is 9.23. The van der Waals surface area contributed by atoms with Gasteiger partial charge in [0, 0.05) is 28.5 Å². The number of fused-ring (bicyclic) bond motifs is 1. The minimum Gasteiger partial charge on any atom is -0.477 e. The van der Waals surface area contributed by atoms with Crippen LogP contribution in [0.25, 0.3) is 10.9 Å². The smallest absolute Gasteiger partial charge is 0.365 e. The number of H-pyrrole nitrogens is 1. The number of carboxylic acid groups (broad SMARTS) is 1. The zero-order valence-electron chi connectivity index (χ0n) is 16.6. The highest BCUT2D eigenvalue weighted by molar-refractivity contribution is 9.10. The van der Waals surface area contributed by atoms with Gasteiger partial charge in [0.2, 0.25) is 5.91 Å². The van der Waals surface area contributed by atoms with Gasteiger partial charge in [0.15, 0.2) is 0 Å². The summed E-state index contributed by atoms with van der Waals surface area (Å²) in [6, 6.07) is 1.81. The largest absolute Gasteiger partial charge is 0.477 e. The maximum Gasteiger partial charge on any atom is 0.365 e. The zero-order valence-corrected chi connectivity index (χ0v) is 18.9. The van der Waals surface area contributed by atoms with Crippen molar-refractivity contribution in [3.05, 3.63) is 33.4 Å². The fourth-order valence-electron chi connectivity index (χ4n) is 4.00. The lowest BCUT2D eigenvalue weighted by Crippen LogP contribution is -2.70. The summed E-state index contributed by atoms with van der Waals surface area (Å²) in [4.78, 5) is 26.8. The molecule has 1 saturated heterocycles. The van der Waals surface area contributed by atoms with E-state index in [0.717, 1.165) is 6.92 Å². The van der Waals surface area contributed by atoms with Crippen molar-refractivity contribution >= 4 is 50.3 Å². The Morgan fingerprint density at radius 1 is 1.38 bits per heavy atom. The number of aromatic amines is 1. The van der Waals surface area contributed by atoms with Crippen molar-refractivity contribution in [2.24, 2.45) is 0 Å². The molecule has 2 heterocycles. The van der Waals surface area contributed by atoms with Gasteiger partial charge in [-0.2, -0.15) is 0 Å². The average Bonchev–Trinajstić information content (AvgIpc) is 3.15. The Balaban J connectivity index is 2.21. The van der Waals surface area contributed by atoms with Gasteiger partial charge in [-0.1, -0.05) is 11.6 Å². The van der Waals surface area contributed by atoms with E-state index in [9.17, 15) is 35.1 Å². The molecule has 1 amide bonds. The average molecular weight is 538 g/mol. The number of carboxylic acids is 1. The van der Waals surface area contributed by atoms with E-state index in [4.69, 9.17) is 21.4 Å². The zero-order chi connectivity index (χ0) is 24.0. The van der Waals surface area contributed by atoms with Gasteiger partial charge in [0.05, 0.1) is 29.7 Å². The van der Waals surface area contributed by atoms with Gasteiger partial charge in [-0.15, -0.1) is 0 Å². The Morgan fingerprint density at radius 3 is 2.59 bits per heavy atom. The van der Waals surface area contributed by atoms with E-state index in [1.807, 2.05) is 0 Å². The van der Waals surface area contributed by atoms with Crippen molar-refractivity contribution in [1.29, 1.82) is 0 Å². The van der Waals surface area contributed by atoms with Crippen LogP contribution in [0.3, 0.4) is 0 Å². The molecule has 2 unspecified atom stereocenters. The summed E-state index contributed by atoms with van der Waals surface area (Å²) in [5.74, 6) is -7.34. The van der Waals surface area contributed by atoms with Crippen LogP contribution in [0.2, 0.25) is 5.02 Å². The summed E-state index contributed by atoms with van der Waals surface area (Å²) in [7, 11) is 0. The normalized spacial score (nSPS) is 30.1. The summed E-state index contributed by atoms with van der Waals surface area (Å²) < 4.78 is 5.82. The number of aliphatic hydroxyl groups excluding tert-OH is 4. The van der Waals surface area contributed by atoms with Gasteiger partial charge >= 0.3 is 5.97 Å². The summed E-state index contributed by atoms with van der Waals surface area (Å²) in [6.07, 6.45) is -6.04. The van der Waals surface area contributed by atoms with Crippen LogP contribution in [0.15, 0.2) is 22.8 Å². The number of aromatic nitrogens is 1. The number of ether oxygens (including phenoxy) is 1. The SMILES string of the molecule is CC(=O)N[C@@H]1[C@@H](O)C(c2c[nH]c3ccc(Br)c(Cl)c23)[C@@](O)(C(=O)O)O[C@H]1C(O)[C@@H](O)CO. The van der Waals surface area contributed by atoms with Gasteiger partial charge in [0.25, 0.3) is 5.79 Å². The molecule has 1 aliphatic heterocycles. The second-order valence-electron chi connectivity index (χ2n) is 7.55. The number of aliphatic hydroxyl groups is 5. The molecule has 0 spiro atoms. The van der Waals surface area contributed by atoms with E-state index in [2.05, 4.69) is 26.2 Å². The van der Waals surface area contributed by atoms with Crippen LogP contribution in [0, 0.1) is 0 Å². The molecule has 11 nitrogen and oxygen atoms in total. The second-order valence-corrected chi connectivity index (χ2v) is 8.78. The first-order chi connectivity index (χ1) is 14.9. The summed E-state index contributed by atoms with van der Waals surface area (Å²) in [6.45, 7) is 0.191. The number of nitrogens with one attached hydrogen (secondary N) is 2. The van der Waals surface area contributed by atoms with Gasteiger partial charge < -0.3 is 45.7 Å². The van der Waals surface area contributed by atoms with Crippen LogP contribution >= 0.6 is 27.5 Å². The number of rotatable bonds is 6. The Bertz CT molecular complexity index is 1030. The third-order valence-electron chi connectivity index (χ3n) is 5.50. The predicted octanol–water partition coefficient (Wildman–Crippen LogP) is -0.581. The highest BCUT2D eigenvalue weighted by Crippen LogP contribution is 2.46. The minimum atomic E-state index is -3.10. The molecule has 13 heteroatoms. The van der Waals surface area contributed by atoms with E-state index in [0.29, 0.717) is 15.4 Å². The summed E-state index contributed by atoms with van der Waals surface area (Å²) in [5.41, 5.74) is 0.553. The Morgan fingerprint density at radius 2 is 2.03 bits per heavy atom. The molecule has 1 fully saturated rings. The fraction of sp³-hybridized carbons (Fsp3) is 0.474. The number of aliphatic carboxylic acids is 1. The molecule has 7 atom stereocenters. The van der Waals surface area contributed by atoms with Crippen molar-refractivity contribution < 1.29 is 45.0 Å². The lowest BCUT2D eigenvalue weighted by molar-refractivity contribution is -0.304. The molecule has 3 rings (SSSR count). The minimum absolute atomic E-state index is 0.0784. The highest BCUT2D eigenvalue weighted by atomic mass is 79.9. The van der Waals surface area contributed by atoms with Crippen molar-refractivity contribution in [3.63, 3.8) is 0 Å². The molecule has 0 radical (unpaired) electrons. The maximum atomic E-state index is 12.1. The van der Waals surface area contributed by atoms with Crippen LogP contribution in [0.1, 0.15) is 18.4 Å². The van der Waals surface area contributed by atoms with Crippen LogP contribution in [-0.2, 0) is 14.3 Å². The number of hydrogen-bond acceptors (Lipinski definition) is 8. The molecule has 2 aromatic rings. The number of carbonyl (C=O) groups excluding carboxylic acids is 1. The first kappa shape index (κ1) is 24.9. The molecule has 1 aromatic carbocycles. The van der Waals surface area contributed by atoms with E-state index < -0.39 is 60.6 Å². The van der Waals surface area contributed by atoms with Gasteiger partial charge in [0.1, 0.15) is 18.3 Å². The molecule has 0 bridgehead atoms. The van der Waals surface area contributed by atoms with Gasteiger partial charge in [-0.25, -0.2) is 4.79 Å². The first-order valence-corrected chi connectivity index (χ1v) is 10.6. The molecule has 32 heavy (non-hydrogen) atoms. The van der Waals surface area contributed by atoms with Crippen molar-refractivity contribution in [2.45, 2.75) is 49.1 Å². The van der Waals surface area contributed by atoms with Gasteiger partial charge in [-0.3, -0.25) is 4.79 Å². The van der Waals surface area contributed by atoms with Gasteiger partial charge in [-0.05, 0) is 33.6 Å². The molecule has 0 saturated carbocycles. The molecular formula is C19H22BrClN2O9. The number of carbonyl (C=O) groups is 2. The third kappa shape index (κ3) is 4.13. The van der Waals surface area contributed by atoms with Crippen LogP contribution in [0.4, 0.5) is 0 Å². The van der Waals surface area contributed by atoms with Crippen molar-refractivity contribution in [2.75, 3.05) is 6.61 Å². The molecule has 8 N–H and O–H groups in total. The molecule has 1 aromatic heterocycles. The monoisotopic (exact) mass is 536 g/mol. The number of benzene rings is 1. The van der Waals surface area contributed by atoms with E-state index in [-0.39, 0.29) is 10.6 Å². The van der Waals surface area contributed by atoms with Crippen LogP contribution in [-0.4, -0.2) is 90.4 Å². The predicted molar refractivity (Wildman–Crippen MR) is 114 cm³/mol. The quantitative estimate of drug-likeness (QED) is 0.238. The lowest BCUT2D eigenvalue weighted by atomic mass is 9.76. The lowest BCUT2D eigenvalue weighted by Gasteiger charge is -2.49. The Labute approximate surface area is 194 Å². The number of halogens is 2. The third-order valence-corrected chi connectivity index (χ3v) is 6.78. The van der Waals surface area contributed by atoms with E-state index in [1.165, 1.54) is 6.20 Å². The summed E-state index contributed by atoms with van der Waals surface area (Å²) >= 11 is 9.65. The molecular weight excluding hydrogens is 516 g/mol. The van der Waals surface area contributed by atoms with Crippen LogP contribution in [0.5, 0.6) is 0 Å². The standard InChI is InChI=1S/C19H22BrClN2O9/c1-6(25)23-14-16(28)12(7-4-22-9-3-2-8(20)13(21)11(7)9)19(31,18(29)30)32-17(14)15(27)10(26)5-24/h2-4,10,12,14-17,22,24,26-28,31H,5H2,1H3,(H,23,25)(H,29,30)/t10-,12?,14+,15?,16-,17+,19-/m0/s1. The number of amides is 1. The topological polar surface area (TPSA) is 193 Å². The van der Waals surface area contributed by atoms with Crippen molar-refractivity contribution in [1.82, 2.24) is 10.3 Å². The maximum absolute atomic E-state index is 12.1. The molecule has 1 aliphatic rings. The fourth-order valence-corrected chi connectivity index (χ4v) is 4.61. The number of hydrogen-bond donors (Lipinski definition) is 8. The van der Waals surface area contributed by atoms with E-state index in [1.54, 1.807) is 12.1 Å².